The quantitative estimate of drug-likeness (QED) is 0.722. The summed E-state index contributed by atoms with van der Waals surface area (Å²) in [5.41, 5.74) is 4.91. The van der Waals surface area contributed by atoms with Crippen molar-refractivity contribution in [2.45, 2.75) is 20.8 Å². The summed E-state index contributed by atoms with van der Waals surface area (Å²) in [6, 6.07) is 3.83. The fourth-order valence-electron chi connectivity index (χ4n) is 2.24. The van der Waals surface area contributed by atoms with Gasteiger partial charge >= 0.3 is 0 Å². The van der Waals surface area contributed by atoms with Crippen LogP contribution in [0.5, 0.6) is 0 Å². The Morgan fingerprint density at radius 3 is 2.53 bits per heavy atom. The molecule has 0 saturated carbocycles. The first-order chi connectivity index (χ1) is 9.09. The van der Waals surface area contributed by atoms with Crippen LogP contribution in [0.15, 0.2) is 29.3 Å². The van der Waals surface area contributed by atoms with E-state index in [0.29, 0.717) is 11.2 Å². The van der Waals surface area contributed by atoms with Gasteiger partial charge in [-0.3, -0.25) is 14.9 Å². The highest BCUT2D eigenvalue weighted by Crippen LogP contribution is 2.25. The zero-order chi connectivity index (χ0) is 13.6. The molecule has 0 bridgehead atoms. The van der Waals surface area contributed by atoms with Crippen molar-refractivity contribution in [1.82, 2.24) is 19.6 Å². The van der Waals surface area contributed by atoms with Crippen LogP contribution < -0.4 is 5.56 Å². The van der Waals surface area contributed by atoms with Gasteiger partial charge < -0.3 is 0 Å². The summed E-state index contributed by atoms with van der Waals surface area (Å²) in [6.45, 7) is 5.59. The third-order valence-corrected chi connectivity index (χ3v) is 3.40. The van der Waals surface area contributed by atoms with E-state index in [2.05, 4.69) is 15.1 Å². The molecule has 5 heteroatoms. The Morgan fingerprint density at radius 1 is 1.16 bits per heavy atom. The number of fused-ring (bicyclic) bond motifs is 1. The zero-order valence-corrected chi connectivity index (χ0v) is 11.1. The number of hydrogen-bond donors (Lipinski definition) is 1. The molecule has 0 atom stereocenters. The average Bonchev–Trinajstić information content (AvgIpc) is 2.74. The fraction of sp³-hybridized carbons (Fsp3) is 0.214. The maximum Gasteiger partial charge on any atom is 0.275 e. The summed E-state index contributed by atoms with van der Waals surface area (Å²) < 4.78 is 1.51. The third kappa shape index (κ3) is 1.66. The Balaban J connectivity index is 2.45. The topological polar surface area (TPSA) is 63.1 Å². The van der Waals surface area contributed by atoms with Crippen LogP contribution in [-0.4, -0.2) is 19.6 Å². The number of H-pyrrole nitrogens is 1. The van der Waals surface area contributed by atoms with Gasteiger partial charge in [-0.25, -0.2) is 9.50 Å². The SMILES string of the molecule is Cc1nc2c(-c3ccncc3)c(C)[nH]n2c(=O)c1C. The van der Waals surface area contributed by atoms with Crippen molar-refractivity contribution in [3.8, 4) is 11.1 Å². The molecule has 5 nitrogen and oxygen atoms in total. The molecule has 3 aromatic heterocycles. The predicted molar refractivity (Wildman–Crippen MR) is 73.3 cm³/mol. The first-order valence-corrected chi connectivity index (χ1v) is 6.08. The summed E-state index contributed by atoms with van der Waals surface area (Å²) in [6.07, 6.45) is 3.47. The molecule has 1 N–H and O–H groups in total. The molecule has 0 aliphatic carbocycles. The van der Waals surface area contributed by atoms with E-state index in [1.165, 1.54) is 4.52 Å². The van der Waals surface area contributed by atoms with Crippen molar-refractivity contribution in [1.29, 1.82) is 0 Å². The van der Waals surface area contributed by atoms with Gasteiger partial charge in [-0.05, 0) is 38.5 Å². The van der Waals surface area contributed by atoms with Gasteiger partial charge in [0.15, 0.2) is 5.65 Å². The normalized spacial score (nSPS) is 11.1. The molecular weight excluding hydrogens is 240 g/mol. The molecule has 0 saturated heterocycles. The molecule has 19 heavy (non-hydrogen) atoms. The lowest BCUT2D eigenvalue weighted by molar-refractivity contribution is 0.859. The molecule has 3 aromatic rings. The highest BCUT2D eigenvalue weighted by atomic mass is 16.1. The van der Waals surface area contributed by atoms with Gasteiger partial charge in [0.05, 0.1) is 0 Å². The van der Waals surface area contributed by atoms with Crippen molar-refractivity contribution in [3.63, 3.8) is 0 Å². The number of aromatic nitrogens is 4. The first-order valence-electron chi connectivity index (χ1n) is 6.08. The van der Waals surface area contributed by atoms with Crippen molar-refractivity contribution >= 4 is 5.65 Å². The van der Waals surface area contributed by atoms with Crippen LogP contribution >= 0.6 is 0 Å². The molecule has 0 fully saturated rings. The number of nitrogens with one attached hydrogen (secondary N) is 1. The highest BCUT2D eigenvalue weighted by Gasteiger charge is 2.15. The van der Waals surface area contributed by atoms with Gasteiger partial charge in [0, 0.05) is 34.9 Å². The summed E-state index contributed by atoms with van der Waals surface area (Å²) in [5.74, 6) is 0. The largest absolute Gasteiger partial charge is 0.293 e. The van der Waals surface area contributed by atoms with E-state index in [-0.39, 0.29) is 5.56 Å². The van der Waals surface area contributed by atoms with Crippen LogP contribution in [0.3, 0.4) is 0 Å². The predicted octanol–water partition coefficient (Wildman–Crippen LogP) is 2.01. The van der Waals surface area contributed by atoms with Crippen molar-refractivity contribution in [2.24, 2.45) is 0 Å². The maximum atomic E-state index is 12.2. The lowest BCUT2D eigenvalue weighted by Crippen LogP contribution is -2.19. The van der Waals surface area contributed by atoms with Gasteiger partial charge in [-0.15, -0.1) is 0 Å². The van der Waals surface area contributed by atoms with Crippen LogP contribution in [0.2, 0.25) is 0 Å². The second kappa shape index (κ2) is 4.05. The zero-order valence-electron chi connectivity index (χ0n) is 11.1. The number of hydrogen-bond acceptors (Lipinski definition) is 3. The van der Waals surface area contributed by atoms with E-state index in [1.54, 1.807) is 19.3 Å². The van der Waals surface area contributed by atoms with E-state index in [4.69, 9.17) is 0 Å². The summed E-state index contributed by atoms with van der Waals surface area (Å²) in [4.78, 5) is 20.8. The molecule has 0 aliphatic rings. The smallest absolute Gasteiger partial charge is 0.275 e. The standard InChI is InChI=1S/C14H14N4O/c1-8-9(2)16-13-12(11-4-6-15-7-5-11)10(3)17-18(13)14(8)19/h4-7,17H,1-3H3. The molecule has 0 radical (unpaired) electrons. The summed E-state index contributed by atoms with van der Waals surface area (Å²) in [5, 5.41) is 3.08. The van der Waals surface area contributed by atoms with E-state index in [9.17, 15) is 4.79 Å². The molecule has 96 valence electrons. The minimum Gasteiger partial charge on any atom is -0.293 e. The van der Waals surface area contributed by atoms with Gasteiger partial charge in [0.25, 0.3) is 5.56 Å². The van der Waals surface area contributed by atoms with E-state index >= 15 is 0 Å². The van der Waals surface area contributed by atoms with E-state index in [0.717, 1.165) is 22.5 Å². The fourth-order valence-corrected chi connectivity index (χ4v) is 2.24. The van der Waals surface area contributed by atoms with Gasteiger partial charge in [0.2, 0.25) is 0 Å². The van der Waals surface area contributed by atoms with Crippen LogP contribution in [0.4, 0.5) is 0 Å². The Hall–Kier alpha value is -2.43. The third-order valence-electron chi connectivity index (χ3n) is 3.40. The van der Waals surface area contributed by atoms with Crippen molar-refractivity contribution in [3.05, 3.63) is 51.8 Å². The molecule has 0 aromatic carbocycles. The molecular formula is C14H14N4O. The summed E-state index contributed by atoms with van der Waals surface area (Å²) in [7, 11) is 0. The van der Waals surface area contributed by atoms with Gasteiger partial charge in [0.1, 0.15) is 0 Å². The minimum atomic E-state index is -0.0501. The highest BCUT2D eigenvalue weighted by molar-refractivity contribution is 5.79. The average molecular weight is 254 g/mol. The first kappa shape index (κ1) is 11.6. The second-order valence-corrected chi connectivity index (χ2v) is 4.63. The van der Waals surface area contributed by atoms with Crippen molar-refractivity contribution < 1.29 is 0 Å². The van der Waals surface area contributed by atoms with Gasteiger partial charge in [-0.1, -0.05) is 0 Å². The van der Waals surface area contributed by atoms with Crippen LogP contribution in [-0.2, 0) is 0 Å². The molecule has 3 heterocycles. The molecule has 3 rings (SSSR count). The van der Waals surface area contributed by atoms with Gasteiger partial charge in [-0.2, -0.15) is 0 Å². The number of nitrogens with zero attached hydrogens (tertiary/aromatic N) is 3. The molecule has 0 unspecified atom stereocenters. The lowest BCUT2D eigenvalue weighted by Gasteiger charge is -2.02. The Bertz CT molecular complexity index is 815. The maximum absolute atomic E-state index is 12.2. The molecule has 0 amide bonds. The van der Waals surface area contributed by atoms with E-state index < -0.39 is 0 Å². The number of aromatic amines is 1. The molecule has 0 aliphatic heterocycles. The van der Waals surface area contributed by atoms with Crippen LogP contribution in [0.1, 0.15) is 17.0 Å². The lowest BCUT2D eigenvalue weighted by atomic mass is 10.1. The minimum absolute atomic E-state index is 0.0501. The second-order valence-electron chi connectivity index (χ2n) is 4.63. The number of rotatable bonds is 1. The van der Waals surface area contributed by atoms with Crippen LogP contribution in [0.25, 0.3) is 16.8 Å². The van der Waals surface area contributed by atoms with Crippen LogP contribution in [0, 0.1) is 20.8 Å². The Morgan fingerprint density at radius 2 is 1.84 bits per heavy atom. The van der Waals surface area contributed by atoms with Crippen molar-refractivity contribution in [2.75, 3.05) is 0 Å². The Kier molecular flexibility index (Phi) is 2.48. The monoisotopic (exact) mass is 254 g/mol. The molecule has 0 spiro atoms. The number of aryl methyl sites for hydroxylation is 2. The Labute approximate surface area is 109 Å². The van der Waals surface area contributed by atoms with E-state index in [1.807, 2.05) is 26.0 Å². The summed E-state index contributed by atoms with van der Waals surface area (Å²) >= 11 is 0. The number of pyridine rings is 1.